The molecule has 0 radical (unpaired) electrons. The maximum atomic E-state index is 12.9. The van der Waals surface area contributed by atoms with E-state index in [1.807, 2.05) is 0 Å². The van der Waals surface area contributed by atoms with Crippen molar-refractivity contribution >= 4 is 17.6 Å². The molecule has 134 valence electrons. The van der Waals surface area contributed by atoms with Crippen molar-refractivity contribution in [2.24, 2.45) is 5.10 Å². The summed E-state index contributed by atoms with van der Waals surface area (Å²) in [6.45, 7) is 0. The molecule has 0 aliphatic heterocycles. The van der Waals surface area contributed by atoms with E-state index in [9.17, 15) is 18.0 Å². The summed E-state index contributed by atoms with van der Waals surface area (Å²) in [5.74, 6) is -0.295. The van der Waals surface area contributed by atoms with Gasteiger partial charge < -0.3 is 4.74 Å². The van der Waals surface area contributed by atoms with Crippen molar-refractivity contribution in [3.63, 3.8) is 0 Å². The molecule has 0 saturated carbocycles. The Morgan fingerprint density at radius 3 is 2.62 bits per heavy atom. The number of alkyl halides is 3. The number of amides is 1. The standard InChI is InChI=1S/C17H13F3N4O2/c1-26-15-8-7-12(13-9-14(17(18,19)20)23-24(13)15)10-21-22-16(25)11-5-3-2-4-6-11/h2-10H,1H3,(H,22,25)/b21-10+. The molecule has 2 heterocycles. The predicted octanol–water partition coefficient (Wildman–Crippen LogP) is 3.13. The summed E-state index contributed by atoms with van der Waals surface area (Å²) in [5.41, 5.74) is 2.17. The van der Waals surface area contributed by atoms with Gasteiger partial charge in [-0.15, -0.1) is 0 Å². The quantitative estimate of drug-likeness (QED) is 0.573. The van der Waals surface area contributed by atoms with Gasteiger partial charge in [-0.1, -0.05) is 18.2 Å². The number of methoxy groups -OCH3 is 1. The molecule has 3 rings (SSSR count). The Kier molecular flexibility index (Phi) is 4.61. The maximum absolute atomic E-state index is 12.9. The molecule has 3 aromatic rings. The number of hydrogen-bond acceptors (Lipinski definition) is 4. The lowest BCUT2D eigenvalue weighted by atomic mass is 10.2. The number of rotatable bonds is 4. The molecular weight excluding hydrogens is 349 g/mol. The van der Waals surface area contributed by atoms with Gasteiger partial charge in [0.1, 0.15) is 0 Å². The van der Waals surface area contributed by atoms with Crippen LogP contribution in [0.2, 0.25) is 0 Å². The third-order valence-corrected chi connectivity index (χ3v) is 3.52. The van der Waals surface area contributed by atoms with Gasteiger partial charge in [-0.05, 0) is 24.3 Å². The first kappa shape index (κ1) is 17.5. The minimum Gasteiger partial charge on any atom is -0.481 e. The fraction of sp³-hybridized carbons (Fsp3) is 0.118. The molecule has 0 spiro atoms. The fourth-order valence-corrected chi connectivity index (χ4v) is 2.29. The summed E-state index contributed by atoms with van der Waals surface area (Å²) in [6.07, 6.45) is -3.34. The van der Waals surface area contributed by atoms with E-state index in [0.29, 0.717) is 11.1 Å². The van der Waals surface area contributed by atoms with Crippen LogP contribution in [0.25, 0.3) is 5.52 Å². The van der Waals surface area contributed by atoms with Crippen molar-refractivity contribution in [3.05, 3.63) is 65.4 Å². The molecule has 0 saturated heterocycles. The van der Waals surface area contributed by atoms with Crippen LogP contribution in [0.4, 0.5) is 13.2 Å². The molecule has 9 heteroatoms. The van der Waals surface area contributed by atoms with Gasteiger partial charge in [-0.25, -0.2) is 5.43 Å². The second-order valence-corrected chi connectivity index (χ2v) is 5.22. The van der Waals surface area contributed by atoms with E-state index >= 15 is 0 Å². The Bertz CT molecular complexity index is 965. The number of hydrazone groups is 1. The van der Waals surface area contributed by atoms with Crippen LogP contribution in [0, 0.1) is 0 Å². The van der Waals surface area contributed by atoms with E-state index in [4.69, 9.17) is 4.74 Å². The van der Waals surface area contributed by atoms with Crippen LogP contribution < -0.4 is 10.2 Å². The molecule has 0 fully saturated rings. The molecule has 0 unspecified atom stereocenters. The smallest absolute Gasteiger partial charge is 0.435 e. The number of aromatic nitrogens is 2. The number of carbonyl (C=O) groups is 1. The van der Waals surface area contributed by atoms with Crippen LogP contribution >= 0.6 is 0 Å². The lowest BCUT2D eigenvalue weighted by Crippen LogP contribution is -2.17. The van der Waals surface area contributed by atoms with Gasteiger partial charge in [0.15, 0.2) is 5.69 Å². The average molecular weight is 362 g/mol. The first-order valence-corrected chi connectivity index (χ1v) is 7.42. The number of nitrogens with zero attached hydrogens (tertiary/aromatic N) is 3. The molecule has 1 N–H and O–H groups in total. The summed E-state index contributed by atoms with van der Waals surface area (Å²) in [4.78, 5) is 11.9. The molecule has 0 bridgehead atoms. The number of pyridine rings is 1. The molecule has 2 aromatic heterocycles. The van der Waals surface area contributed by atoms with Crippen LogP contribution in [0.1, 0.15) is 21.6 Å². The minimum absolute atomic E-state index is 0.140. The maximum Gasteiger partial charge on any atom is 0.435 e. The van der Waals surface area contributed by atoms with Crippen molar-refractivity contribution in [2.45, 2.75) is 6.18 Å². The number of ether oxygens (including phenoxy) is 1. The summed E-state index contributed by atoms with van der Waals surface area (Å²) in [5, 5.41) is 7.33. The molecule has 0 atom stereocenters. The zero-order valence-corrected chi connectivity index (χ0v) is 13.5. The Labute approximate surface area is 145 Å². The summed E-state index contributed by atoms with van der Waals surface area (Å²) < 4.78 is 44.9. The first-order chi connectivity index (χ1) is 12.4. The Morgan fingerprint density at radius 1 is 1.23 bits per heavy atom. The number of fused-ring (bicyclic) bond motifs is 1. The van der Waals surface area contributed by atoms with Gasteiger partial charge in [0, 0.05) is 17.2 Å². The largest absolute Gasteiger partial charge is 0.481 e. The average Bonchev–Trinajstić information content (AvgIpc) is 3.08. The van der Waals surface area contributed by atoms with Crippen LogP contribution in [-0.4, -0.2) is 28.8 Å². The van der Waals surface area contributed by atoms with Crippen molar-refractivity contribution < 1.29 is 22.7 Å². The van der Waals surface area contributed by atoms with E-state index in [0.717, 1.165) is 10.6 Å². The number of hydrogen-bond donors (Lipinski definition) is 1. The number of benzene rings is 1. The Morgan fingerprint density at radius 2 is 1.96 bits per heavy atom. The van der Waals surface area contributed by atoms with E-state index in [1.165, 1.54) is 25.5 Å². The fourth-order valence-electron chi connectivity index (χ4n) is 2.29. The van der Waals surface area contributed by atoms with Crippen molar-refractivity contribution in [2.75, 3.05) is 7.11 Å². The predicted molar refractivity (Wildman–Crippen MR) is 88.2 cm³/mol. The van der Waals surface area contributed by atoms with Gasteiger partial charge in [-0.2, -0.15) is 27.9 Å². The van der Waals surface area contributed by atoms with E-state index in [-0.39, 0.29) is 11.4 Å². The second-order valence-electron chi connectivity index (χ2n) is 5.22. The third-order valence-electron chi connectivity index (χ3n) is 3.52. The van der Waals surface area contributed by atoms with E-state index in [1.54, 1.807) is 30.3 Å². The first-order valence-electron chi connectivity index (χ1n) is 7.42. The zero-order chi connectivity index (χ0) is 18.7. The molecular formula is C17H13F3N4O2. The van der Waals surface area contributed by atoms with Crippen LogP contribution in [0.15, 0.2) is 53.6 Å². The van der Waals surface area contributed by atoms with Crippen molar-refractivity contribution in [1.29, 1.82) is 0 Å². The van der Waals surface area contributed by atoms with Gasteiger partial charge in [-0.3, -0.25) is 4.79 Å². The summed E-state index contributed by atoms with van der Waals surface area (Å²) in [6, 6.07) is 12.3. The highest BCUT2D eigenvalue weighted by Crippen LogP contribution is 2.30. The van der Waals surface area contributed by atoms with Crippen LogP contribution in [-0.2, 0) is 6.18 Å². The van der Waals surface area contributed by atoms with E-state index < -0.39 is 17.8 Å². The van der Waals surface area contributed by atoms with Crippen LogP contribution in [0.3, 0.4) is 0 Å². The molecule has 0 aliphatic carbocycles. The molecule has 1 amide bonds. The SMILES string of the molecule is COc1ccc(/C=N/NC(=O)c2ccccc2)c2cc(C(F)(F)F)nn12. The number of carbonyl (C=O) groups excluding carboxylic acids is 1. The molecule has 26 heavy (non-hydrogen) atoms. The monoisotopic (exact) mass is 362 g/mol. The third kappa shape index (κ3) is 3.51. The van der Waals surface area contributed by atoms with Crippen LogP contribution in [0.5, 0.6) is 5.88 Å². The number of halogens is 3. The van der Waals surface area contributed by atoms with Gasteiger partial charge in [0.2, 0.25) is 5.88 Å². The zero-order valence-electron chi connectivity index (χ0n) is 13.5. The normalized spacial score (nSPS) is 11.8. The highest BCUT2D eigenvalue weighted by atomic mass is 19.4. The number of nitrogens with one attached hydrogen (secondary N) is 1. The van der Waals surface area contributed by atoms with Crippen molar-refractivity contribution in [1.82, 2.24) is 15.0 Å². The summed E-state index contributed by atoms with van der Waals surface area (Å²) >= 11 is 0. The Balaban J connectivity index is 1.90. The topological polar surface area (TPSA) is 68.0 Å². The molecule has 1 aromatic carbocycles. The minimum atomic E-state index is -4.59. The Hall–Kier alpha value is -3.36. The summed E-state index contributed by atoms with van der Waals surface area (Å²) in [7, 11) is 1.33. The second kappa shape index (κ2) is 6.87. The lowest BCUT2D eigenvalue weighted by molar-refractivity contribution is -0.141. The van der Waals surface area contributed by atoms with Crippen molar-refractivity contribution in [3.8, 4) is 5.88 Å². The van der Waals surface area contributed by atoms with Gasteiger partial charge >= 0.3 is 6.18 Å². The molecule has 0 aliphatic rings. The highest BCUT2D eigenvalue weighted by Gasteiger charge is 2.34. The van der Waals surface area contributed by atoms with Gasteiger partial charge in [0.25, 0.3) is 5.91 Å². The lowest BCUT2D eigenvalue weighted by Gasteiger charge is -2.05. The van der Waals surface area contributed by atoms with Gasteiger partial charge in [0.05, 0.1) is 18.8 Å². The molecule has 6 nitrogen and oxygen atoms in total. The highest BCUT2D eigenvalue weighted by molar-refractivity contribution is 5.95. The van der Waals surface area contributed by atoms with E-state index in [2.05, 4.69) is 15.6 Å².